The summed E-state index contributed by atoms with van der Waals surface area (Å²) in [7, 11) is 1.16. The molecular formula is C15H15F2N5O5S. The first kappa shape index (κ1) is 21.2. The zero-order valence-electron chi connectivity index (χ0n) is 14.9. The predicted molar refractivity (Wildman–Crippen MR) is 91.7 cm³/mol. The number of rotatable bonds is 6. The fourth-order valence-electron chi connectivity index (χ4n) is 1.96. The summed E-state index contributed by atoms with van der Waals surface area (Å²) in [5.74, 6) is -2.03. The van der Waals surface area contributed by atoms with E-state index in [1.54, 1.807) is 18.5 Å². The van der Waals surface area contributed by atoms with Gasteiger partial charge in [-0.3, -0.25) is 5.32 Å². The number of aromatic nitrogens is 3. The van der Waals surface area contributed by atoms with Gasteiger partial charge in [0.2, 0.25) is 22.9 Å². The van der Waals surface area contributed by atoms with E-state index in [0.717, 1.165) is 7.11 Å². The number of hydrogen-bond donors (Lipinski definition) is 2. The largest absolute Gasteiger partial charge is 0.465 e. The van der Waals surface area contributed by atoms with Crippen molar-refractivity contribution in [1.29, 1.82) is 0 Å². The van der Waals surface area contributed by atoms with Gasteiger partial charge >= 0.3 is 12.0 Å². The van der Waals surface area contributed by atoms with Crippen molar-refractivity contribution in [2.24, 2.45) is 0 Å². The molecule has 0 radical (unpaired) electrons. The number of methoxy groups -OCH3 is 1. The van der Waals surface area contributed by atoms with Crippen LogP contribution >= 0.6 is 0 Å². The first-order chi connectivity index (χ1) is 13.2. The van der Waals surface area contributed by atoms with E-state index >= 15 is 0 Å². The van der Waals surface area contributed by atoms with Crippen LogP contribution in [0.5, 0.6) is 0 Å². The van der Waals surface area contributed by atoms with Crippen LogP contribution in [-0.4, -0.2) is 38.3 Å². The van der Waals surface area contributed by atoms with Crippen molar-refractivity contribution in [3.8, 4) is 0 Å². The summed E-state index contributed by atoms with van der Waals surface area (Å²) in [6.07, 6.45) is -2.95. The predicted octanol–water partition coefficient (Wildman–Crippen LogP) is 1.99. The van der Waals surface area contributed by atoms with Crippen molar-refractivity contribution < 1.29 is 31.6 Å². The number of esters is 1. The monoisotopic (exact) mass is 415 g/mol. The van der Waals surface area contributed by atoms with Crippen LogP contribution in [0.4, 0.5) is 19.5 Å². The molecule has 0 aliphatic rings. The summed E-state index contributed by atoms with van der Waals surface area (Å²) in [6, 6.07) is 3.33. The van der Waals surface area contributed by atoms with Crippen LogP contribution in [0.2, 0.25) is 0 Å². The number of carbonyl (C=O) groups excluding carboxylic acids is 2. The molecule has 2 rings (SSSR count). The van der Waals surface area contributed by atoms with Crippen LogP contribution in [0.3, 0.4) is 0 Å². The van der Waals surface area contributed by atoms with Crippen molar-refractivity contribution in [2.45, 2.75) is 25.2 Å². The van der Waals surface area contributed by atoms with E-state index in [0.29, 0.717) is 5.56 Å². The van der Waals surface area contributed by atoms with Gasteiger partial charge in [0.15, 0.2) is 0 Å². The summed E-state index contributed by atoms with van der Waals surface area (Å²) < 4.78 is 47.0. The van der Waals surface area contributed by atoms with Crippen LogP contribution in [-0.2, 0) is 20.1 Å². The second-order valence-electron chi connectivity index (χ2n) is 5.23. The molecular weight excluding hydrogens is 400 g/mol. The average Bonchev–Trinajstić information content (AvgIpc) is 2.64. The van der Waals surface area contributed by atoms with E-state index in [2.05, 4.69) is 19.7 Å². The lowest BCUT2D eigenvalue weighted by atomic mass is 10.1. The van der Waals surface area contributed by atoms with Gasteiger partial charge in [0.1, 0.15) is 5.82 Å². The van der Waals surface area contributed by atoms with Gasteiger partial charge in [-0.15, -0.1) is 0 Å². The minimum Gasteiger partial charge on any atom is -0.465 e. The highest BCUT2D eigenvalue weighted by atomic mass is 32.2. The SMILES string of the molecule is COC(=O)c1cc(C)ccc1S(=O)ONC(=O)Nc1nc(C)nc(C(F)F)n1. The first-order valence-corrected chi connectivity index (χ1v) is 8.64. The molecule has 1 aromatic carbocycles. The highest BCUT2D eigenvalue weighted by Crippen LogP contribution is 2.18. The smallest absolute Gasteiger partial charge is 0.346 e. The zero-order chi connectivity index (χ0) is 20.8. The molecule has 0 bridgehead atoms. The Bertz CT molecular complexity index is 928. The number of aryl methyl sites for hydroxylation is 2. The number of halogens is 2. The summed E-state index contributed by atoms with van der Waals surface area (Å²) in [4.78, 5) is 34.1. The molecule has 2 amide bonds. The maximum absolute atomic E-state index is 12.7. The molecule has 1 unspecified atom stereocenters. The van der Waals surface area contributed by atoms with Gasteiger partial charge < -0.3 is 4.74 Å². The Hall–Kier alpha value is -3.06. The van der Waals surface area contributed by atoms with E-state index in [-0.39, 0.29) is 16.3 Å². The third-order valence-electron chi connectivity index (χ3n) is 3.12. The van der Waals surface area contributed by atoms with Crippen molar-refractivity contribution in [3.63, 3.8) is 0 Å². The van der Waals surface area contributed by atoms with Gasteiger partial charge in [0.05, 0.1) is 17.6 Å². The molecule has 1 aromatic heterocycles. The zero-order valence-corrected chi connectivity index (χ0v) is 15.7. The first-order valence-electron chi connectivity index (χ1n) is 7.57. The minimum atomic E-state index is -2.95. The number of amides is 2. The quantitative estimate of drug-likeness (QED) is 0.541. The fraction of sp³-hybridized carbons (Fsp3) is 0.267. The summed E-state index contributed by atoms with van der Waals surface area (Å²) in [5.41, 5.74) is 2.52. The summed E-state index contributed by atoms with van der Waals surface area (Å²) in [6.45, 7) is 3.06. The van der Waals surface area contributed by atoms with Gasteiger partial charge in [0, 0.05) is 0 Å². The molecule has 0 saturated carbocycles. The van der Waals surface area contributed by atoms with Crippen molar-refractivity contribution in [2.75, 3.05) is 12.4 Å². The molecule has 28 heavy (non-hydrogen) atoms. The summed E-state index contributed by atoms with van der Waals surface area (Å²) >= 11 is -2.27. The number of alkyl halides is 2. The molecule has 10 nitrogen and oxygen atoms in total. The van der Waals surface area contributed by atoms with Crippen LogP contribution < -0.4 is 10.8 Å². The van der Waals surface area contributed by atoms with Crippen LogP contribution in [0.25, 0.3) is 0 Å². The molecule has 0 aliphatic carbocycles. The van der Waals surface area contributed by atoms with Crippen molar-refractivity contribution in [3.05, 3.63) is 41.0 Å². The molecule has 2 N–H and O–H groups in total. The van der Waals surface area contributed by atoms with E-state index in [1.165, 1.54) is 19.1 Å². The van der Waals surface area contributed by atoms with Crippen molar-refractivity contribution >= 4 is 29.0 Å². The maximum Gasteiger partial charge on any atom is 0.346 e. The highest BCUT2D eigenvalue weighted by Gasteiger charge is 2.19. The average molecular weight is 415 g/mol. The minimum absolute atomic E-state index is 0.00212. The van der Waals surface area contributed by atoms with Gasteiger partial charge in [0.25, 0.3) is 6.43 Å². The molecule has 0 spiro atoms. The lowest BCUT2D eigenvalue weighted by Crippen LogP contribution is -2.31. The number of urea groups is 1. The molecule has 1 atom stereocenters. The maximum atomic E-state index is 12.7. The normalized spacial score (nSPS) is 11.8. The Morgan fingerprint density at radius 2 is 1.89 bits per heavy atom. The number of nitrogens with one attached hydrogen (secondary N) is 2. The highest BCUT2D eigenvalue weighted by molar-refractivity contribution is 7.80. The number of hydroxylamine groups is 1. The molecule has 2 aromatic rings. The van der Waals surface area contributed by atoms with Crippen LogP contribution in [0.1, 0.15) is 34.0 Å². The second-order valence-corrected chi connectivity index (χ2v) is 6.31. The third kappa shape index (κ3) is 5.47. The number of hydrogen-bond acceptors (Lipinski definition) is 8. The summed E-state index contributed by atoms with van der Waals surface area (Å²) in [5, 5.41) is 2.05. The second kappa shape index (κ2) is 9.23. The van der Waals surface area contributed by atoms with Gasteiger partial charge in [-0.05, 0) is 26.0 Å². The topological polar surface area (TPSA) is 132 Å². The van der Waals surface area contributed by atoms with Crippen LogP contribution in [0, 0.1) is 13.8 Å². The lowest BCUT2D eigenvalue weighted by molar-refractivity contribution is 0.0596. The number of ether oxygens (including phenoxy) is 1. The standard InChI is InChI=1S/C15H15F2N5O5S/c1-7-4-5-10(9(6-7)13(23)26-3)28(25)27-22-15(24)21-14-19-8(2)18-12(20-14)11(16)17/h4-6,11H,1-3H3,(H2,18,19,20,21,22,24). The van der Waals surface area contributed by atoms with Gasteiger partial charge in [-0.2, -0.15) is 14.3 Å². The van der Waals surface area contributed by atoms with Crippen molar-refractivity contribution in [1.82, 2.24) is 20.4 Å². The fourth-order valence-corrected chi connectivity index (χ4v) is 2.70. The number of carbonyl (C=O) groups is 2. The molecule has 1 heterocycles. The molecule has 0 aliphatic heterocycles. The van der Waals surface area contributed by atoms with E-state index in [9.17, 15) is 22.6 Å². The van der Waals surface area contributed by atoms with Gasteiger partial charge in [-0.1, -0.05) is 11.6 Å². The van der Waals surface area contributed by atoms with E-state index < -0.39 is 41.3 Å². The Morgan fingerprint density at radius 1 is 1.18 bits per heavy atom. The molecule has 0 saturated heterocycles. The Balaban J connectivity index is 2.06. The van der Waals surface area contributed by atoms with E-state index in [1.807, 2.05) is 5.32 Å². The molecule has 0 fully saturated rings. The third-order valence-corrected chi connectivity index (χ3v) is 4.06. The van der Waals surface area contributed by atoms with E-state index in [4.69, 9.17) is 4.28 Å². The number of nitrogens with zero attached hydrogens (tertiary/aromatic N) is 3. The van der Waals surface area contributed by atoms with Crippen LogP contribution in [0.15, 0.2) is 23.1 Å². The number of anilines is 1. The number of benzene rings is 1. The van der Waals surface area contributed by atoms with Gasteiger partial charge in [-0.25, -0.2) is 33.0 Å². The Kier molecular flexibility index (Phi) is 7.00. The Morgan fingerprint density at radius 3 is 2.54 bits per heavy atom. The molecule has 150 valence electrons. The molecule has 13 heteroatoms. The lowest BCUT2D eigenvalue weighted by Gasteiger charge is -2.10. The Labute approximate surface area is 160 Å².